The highest BCUT2D eigenvalue weighted by molar-refractivity contribution is 7.89. The number of carbonyl (C=O) groups is 1. The summed E-state index contributed by atoms with van der Waals surface area (Å²) < 4.78 is 38.9. The van der Waals surface area contributed by atoms with E-state index in [1.54, 1.807) is 36.7 Å². The van der Waals surface area contributed by atoms with Crippen LogP contribution in [-0.2, 0) is 26.1 Å². The lowest BCUT2D eigenvalue weighted by molar-refractivity contribution is -0.139. The molecule has 1 unspecified atom stereocenters. The second-order valence-corrected chi connectivity index (χ2v) is 10.7. The molecule has 1 amide bonds. The molecule has 1 aromatic heterocycles. The highest BCUT2D eigenvalue weighted by atomic mass is 32.2. The summed E-state index contributed by atoms with van der Waals surface area (Å²) in [5.41, 5.74) is 0.976. The van der Waals surface area contributed by atoms with E-state index in [-0.39, 0.29) is 22.8 Å². The number of nitrogens with zero attached hydrogens (tertiary/aromatic N) is 3. The van der Waals surface area contributed by atoms with E-state index >= 15 is 0 Å². The first kappa shape index (κ1) is 24.6. The molecule has 2 aliphatic heterocycles. The molecular formula is C25H33N3O5S. The van der Waals surface area contributed by atoms with Crippen LogP contribution in [-0.4, -0.2) is 67.5 Å². The van der Waals surface area contributed by atoms with E-state index in [4.69, 9.17) is 9.47 Å². The molecule has 0 bridgehead atoms. The molecule has 8 nitrogen and oxygen atoms in total. The van der Waals surface area contributed by atoms with Crippen LogP contribution in [0.5, 0.6) is 5.75 Å². The largest absolute Gasteiger partial charge is 0.494 e. The summed E-state index contributed by atoms with van der Waals surface area (Å²) in [4.78, 5) is 19.8. The number of pyridine rings is 1. The molecule has 0 spiro atoms. The fourth-order valence-corrected chi connectivity index (χ4v) is 6.07. The molecule has 2 aromatic rings. The van der Waals surface area contributed by atoms with E-state index in [1.807, 2.05) is 24.0 Å². The first-order valence-corrected chi connectivity index (χ1v) is 13.4. The molecule has 0 N–H and O–H groups in total. The Balaban J connectivity index is 1.40. The third kappa shape index (κ3) is 5.95. The first-order valence-electron chi connectivity index (χ1n) is 12.0. The van der Waals surface area contributed by atoms with Gasteiger partial charge < -0.3 is 14.4 Å². The van der Waals surface area contributed by atoms with E-state index in [9.17, 15) is 13.2 Å². The second-order valence-electron chi connectivity index (χ2n) is 8.80. The minimum atomic E-state index is -3.61. The first-order chi connectivity index (χ1) is 16.5. The van der Waals surface area contributed by atoms with Gasteiger partial charge in [-0.2, -0.15) is 4.31 Å². The molecule has 1 atom stereocenters. The van der Waals surface area contributed by atoms with Gasteiger partial charge in [-0.1, -0.05) is 6.07 Å². The van der Waals surface area contributed by atoms with Crippen molar-refractivity contribution in [3.8, 4) is 5.75 Å². The maximum atomic E-state index is 13.5. The molecule has 9 heteroatoms. The van der Waals surface area contributed by atoms with Gasteiger partial charge in [-0.15, -0.1) is 0 Å². The number of hydrogen-bond donors (Lipinski definition) is 0. The van der Waals surface area contributed by atoms with Crippen molar-refractivity contribution in [1.82, 2.24) is 14.2 Å². The van der Waals surface area contributed by atoms with Crippen LogP contribution in [0.2, 0.25) is 0 Å². The van der Waals surface area contributed by atoms with Crippen molar-refractivity contribution in [2.45, 2.75) is 50.2 Å². The van der Waals surface area contributed by atoms with Gasteiger partial charge in [-0.25, -0.2) is 8.42 Å². The van der Waals surface area contributed by atoms with Crippen LogP contribution in [0.15, 0.2) is 53.7 Å². The zero-order chi connectivity index (χ0) is 24.0. The van der Waals surface area contributed by atoms with E-state index in [2.05, 4.69) is 4.98 Å². The molecule has 2 aliphatic rings. The maximum absolute atomic E-state index is 13.5. The smallest absolute Gasteiger partial charge is 0.243 e. The van der Waals surface area contributed by atoms with Crippen molar-refractivity contribution in [1.29, 1.82) is 0 Å². The van der Waals surface area contributed by atoms with Gasteiger partial charge in [0.1, 0.15) is 5.75 Å². The molecule has 184 valence electrons. The number of sulfonamides is 1. The van der Waals surface area contributed by atoms with Gasteiger partial charge >= 0.3 is 0 Å². The molecule has 0 aliphatic carbocycles. The van der Waals surface area contributed by atoms with Gasteiger partial charge in [0.25, 0.3) is 0 Å². The summed E-state index contributed by atoms with van der Waals surface area (Å²) in [5.74, 6) is 0.507. The van der Waals surface area contributed by atoms with Gasteiger partial charge in [0.15, 0.2) is 0 Å². The minimum Gasteiger partial charge on any atom is -0.494 e. The summed E-state index contributed by atoms with van der Waals surface area (Å²) >= 11 is 0. The van der Waals surface area contributed by atoms with Crippen molar-refractivity contribution in [2.24, 2.45) is 5.92 Å². The predicted octanol–water partition coefficient (Wildman–Crippen LogP) is 3.09. The van der Waals surface area contributed by atoms with Gasteiger partial charge in [0, 0.05) is 51.1 Å². The zero-order valence-electron chi connectivity index (χ0n) is 19.6. The summed E-state index contributed by atoms with van der Waals surface area (Å²) in [6.07, 6.45) is 6.53. The molecule has 1 aromatic carbocycles. The van der Waals surface area contributed by atoms with Crippen LogP contribution in [0, 0.1) is 5.92 Å². The highest BCUT2D eigenvalue weighted by Crippen LogP contribution is 2.27. The average molecular weight is 488 g/mol. The fraction of sp³-hybridized carbons (Fsp3) is 0.520. The lowest BCUT2D eigenvalue weighted by Gasteiger charge is -2.34. The molecule has 4 rings (SSSR count). The monoisotopic (exact) mass is 487 g/mol. The van der Waals surface area contributed by atoms with Crippen molar-refractivity contribution in [3.63, 3.8) is 0 Å². The van der Waals surface area contributed by atoms with Gasteiger partial charge in [0.2, 0.25) is 15.9 Å². The Hall–Kier alpha value is -2.49. The van der Waals surface area contributed by atoms with Crippen molar-refractivity contribution in [3.05, 3.63) is 54.4 Å². The predicted molar refractivity (Wildman–Crippen MR) is 128 cm³/mol. The molecule has 0 saturated carbocycles. The second kappa shape index (κ2) is 11.3. The number of piperidine rings is 1. The number of ether oxygens (including phenoxy) is 2. The lowest BCUT2D eigenvalue weighted by atomic mass is 9.96. The number of hydrogen-bond acceptors (Lipinski definition) is 6. The van der Waals surface area contributed by atoms with Crippen LogP contribution < -0.4 is 4.74 Å². The Morgan fingerprint density at radius 3 is 2.56 bits per heavy atom. The Labute approximate surface area is 201 Å². The lowest BCUT2D eigenvalue weighted by Crippen LogP contribution is -2.45. The number of rotatable bonds is 9. The summed E-state index contributed by atoms with van der Waals surface area (Å²) in [6, 6.07) is 10.3. The topological polar surface area (TPSA) is 89.0 Å². The van der Waals surface area contributed by atoms with Crippen LogP contribution in [0.1, 0.15) is 38.2 Å². The number of amides is 1. The fourth-order valence-electron chi connectivity index (χ4n) is 4.60. The third-order valence-corrected chi connectivity index (χ3v) is 8.34. The Morgan fingerprint density at radius 1 is 1.18 bits per heavy atom. The van der Waals surface area contributed by atoms with Gasteiger partial charge in [-0.05, 0) is 68.5 Å². The van der Waals surface area contributed by atoms with Crippen LogP contribution >= 0.6 is 0 Å². The van der Waals surface area contributed by atoms with Crippen molar-refractivity contribution in [2.75, 3.05) is 32.8 Å². The summed E-state index contributed by atoms with van der Waals surface area (Å²) in [7, 11) is -3.61. The molecule has 2 fully saturated rings. The third-order valence-electron chi connectivity index (χ3n) is 6.43. The molecule has 2 saturated heterocycles. The van der Waals surface area contributed by atoms with Gasteiger partial charge in [-0.3, -0.25) is 9.78 Å². The van der Waals surface area contributed by atoms with E-state index < -0.39 is 10.0 Å². The van der Waals surface area contributed by atoms with Crippen molar-refractivity contribution >= 4 is 15.9 Å². The molecule has 34 heavy (non-hydrogen) atoms. The van der Waals surface area contributed by atoms with Crippen LogP contribution in [0.3, 0.4) is 0 Å². The number of carbonyl (C=O) groups excluding carboxylic acids is 1. The molecule has 0 radical (unpaired) electrons. The average Bonchev–Trinajstić information content (AvgIpc) is 3.38. The Bertz CT molecular complexity index is 1030. The maximum Gasteiger partial charge on any atom is 0.243 e. The van der Waals surface area contributed by atoms with E-state index in [0.717, 1.165) is 25.0 Å². The van der Waals surface area contributed by atoms with E-state index in [0.29, 0.717) is 51.4 Å². The Morgan fingerprint density at radius 2 is 1.94 bits per heavy atom. The van der Waals surface area contributed by atoms with Gasteiger partial charge in [0.05, 0.1) is 17.6 Å². The van der Waals surface area contributed by atoms with Crippen LogP contribution in [0.4, 0.5) is 0 Å². The summed E-state index contributed by atoms with van der Waals surface area (Å²) in [6.45, 7) is 4.84. The molecule has 3 heterocycles. The number of benzene rings is 1. The highest BCUT2D eigenvalue weighted by Gasteiger charge is 2.35. The zero-order valence-corrected chi connectivity index (χ0v) is 20.5. The number of aromatic nitrogens is 1. The van der Waals surface area contributed by atoms with Crippen LogP contribution in [0.25, 0.3) is 0 Å². The summed E-state index contributed by atoms with van der Waals surface area (Å²) in [5, 5.41) is 0. The molecular weight excluding hydrogens is 454 g/mol. The quantitative estimate of drug-likeness (QED) is 0.540. The van der Waals surface area contributed by atoms with E-state index in [1.165, 1.54) is 4.31 Å². The minimum absolute atomic E-state index is 0.0562. The standard InChI is InChI=1S/C25H33N3O5S/c1-2-32-22-7-9-24(10-8-22)34(30,31)28-14-11-21(12-15-28)25(29)27(19-23-6-4-16-33-23)18-20-5-3-13-26-17-20/h3,5,7-10,13,17,21,23H,2,4,6,11-12,14-16,18-19H2,1H3. The van der Waals surface area contributed by atoms with Crippen molar-refractivity contribution < 1.29 is 22.7 Å². The normalized spacial score (nSPS) is 19.7. The SMILES string of the molecule is CCOc1ccc(S(=O)(=O)N2CCC(C(=O)N(Cc3cccnc3)CC3CCCO3)CC2)cc1. The Kier molecular flexibility index (Phi) is 8.18.